The Kier molecular flexibility index (Phi) is 2.99. The van der Waals surface area contributed by atoms with E-state index in [1.54, 1.807) is 13.8 Å². The zero-order chi connectivity index (χ0) is 12.5. The minimum Gasteiger partial charge on any atom is -0.263 e. The van der Waals surface area contributed by atoms with Crippen molar-refractivity contribution in [3.8, 4) is 6.07 Å². The Hall–Kier alpha value is -1.90. The van der Waals surface area contributed by atoms with E-state index in [1.165, 1.54) is 7.05 Å². The summed E-state index contributed by atoms with van der Waals surface area (Å²) in [4.78, 5) is 35.6. The largest absolute Gasteiger partial charge is 0.333 e. The van der Waals surface area contributed by atoms with E-state index < -0.39 is 23.3 Å². The zero-order valence-electron chi connectivity index (χ0n) is 9.48. The van der Waals surface area contributed by atoms with Gasteiger partial charge in [-0.1, -0.05) is 0 Å². The third kappa shape index (κ3) is 2.03. The monoisotopic (exact) mass is 223 g/mol. The van der Waals surface area contributed by atoms with Crippen LogP contribution in [0.4, 0.5) is 4.79 Å². The van der Waals surface area contributed by atoms with E-state index in [1.807, 2.05) is 0 Å². The lowest BCUT2D eigenvalue weighted by atomic mass is 9.91. The number of rotatable bonds is 3. The van der Waals surface area contributed by atoms with Crippen molar-refractivity contribution in [2.75, 3.05) is 13.6 Å². The van der Waals surface area contributed by atoms with Crippen molar-refractivity contribution < 1.29 is 14.4 Å². The fourth-order valence-corrected chi connectivity index (χ4v) is 1.26. The number of hydrogen-bond acceptors (Lipinski definition) is 4. The smallest absolute Gasteiger partial charge is 0.263 e. The molecule has 1 fully saturated rings. The number of likely N-dealkylation sites (N-methyl/N-ethyl adjacent to an activating group) is 1. The summed E-state index contributed by atoms with van der Waals surface area (Å²) in [5.74, 6) is -1.64. The van der Waals surface area contributed by atoms with Gasteiger partial charge in [0.05, 0.1) is 11.5 Å². The highest BCUT2D eigenvalue weighted by atomic mass is 16.2. The molecule has 0 saturated carbocycles. The first-order valence-corrected chi connectivity index (χ1v) is 4.85. The van der Waals surface area contributed by atoms with Gasteiger partial charge in [0, 0.05) is 13.6 Å². The quantitative estimate of drug-likeness (QED) is 0.510. The van der Waals surface area contributed by atoms with Crippen LogP contribution in [0.2, 0.25) is 0 Å². The first kappa shape index (κ1) is 12.2. The highest BCUT2D eigenvalue weighted by Crippen LogP contribution is 2.20. The topological polar surface area (TPSA) is 81.5 Å². The highest BCUT2D eigenvalue weighted by molar-refractivity contribution is 6.44. The molecule has 0 atom stereocenters. The SMILES string of the molecule is CN1C(=O)C(=O)N(CCC(C)(C)C#N)C1=O. The van der Waals surface area contributed by atoms with E-state index in [9.17, 15) is 14.4 Å². The first-order valence-electron chi connectivity index (χ1n) is 4.85. The van der Waals surface area contributed by atoms with Gasteiger partial charge in [0.2, 0.25) is 0 Å². The van der Waals surface area contributed by atoms with Crippen LogP contribution >= 0.6 is 0 Å². The van der Waals surface area contributed by atoms with Crippen LogP contribution in [-0.2, 0) is 9.59 Å². The minimum absolute atomic E-state index is 0.0916. The summed E-state index contributed by atoms with van der Waals surface area (Å²) in [6.07, 6.45) is 0.349. The summed E-state index contributed by atoms with van der Waals surface area (Å²) in [5, 5.41) is 8.79. The second-order valence-corrected chi connectivity index (χ2v) is 4.35. The molecule has 0 aromatic heterocycles. The standard InChI is InChI=1S/C10H13N3O3/c1-10(2,6-11)4-5-13-8(15)7(14)12(3)9(13)16/h4-5H2,1-3H3. The van der Waals surface area contributed by atoms with Gasteiger partial charge in [0.25, 0.3) is 0 Å². The fraction of sp³-hybridized carbons (Fsp3) is 0.600. The van der Waals surface area contributed by atoms with Gasteiger partial charge < -0.3 is 0 Å². The molecule has 0 aliphatic carbocycles. The molecule has 1 rings (SSSR count). The predicted molar refractivity (Wildman–Crippen MR) is 53.9 cm³/mol. The Labute approximate surface area is 93.4 Å². The Morgan fingerprint density at radius 2 is 1.81 bits per heavy atom. The molecule has 1 aliphatic rings. The predicted octanol–water partition coefficient (Wildman–Crippen LogP) is 0.347. The number of nitrogens with zero attached hydrogens (tertiary/aromatic N) is 3. The summed E-state index contributed by atoms with van der Waals surface area (Å²) in [6, 6.07) is 1.45. The van der Waals surface area contributed by atoms with Gasteiger partial charge in [-0.2, -0.15) is 5.26 Å². The lowest BCUT2D eigenvalue weighted by Crippen LogP contribution is -2.34. The third-order valence-electron chi connectivity index (χ3n) is 2.51. The van der Waals surface area contributed by atoms with E-state index in [0.717, 1.165) is 9.80 Å². The van der Waals surface area contributed by atoms with Gasteiger partial charge in [-0.05, 0) is 20.3 Å². The molecular formula is C10H13N3O3. The van der Waals surface area contributed by atoms with Gasteiger partial charge in [0.15, 0.2) is 0 Å². The van der Waals surface area contributed by atoms with E-state index >= 15 is 0 Å². The molecular weight excluding hydrogens is 210 g/mol. The van der Waals surface area contributed by atoms with Crippen molar-refractivity contribution in [1.29, 1.82) is 5.26 Å². The number of amides is 4. The van der Waals surface area contributed by atoms with Gasteiger partial charge in [-0.25, -0.2) is 4.79 Å². The van der Waals surface area contributed by atoms with Crippen molar-refractivity contribution in [2.24, 2.45) is 5.41 Å². The summed E-state index contributed by atoms with van der Waals surface area (Å²) < 4.78 is 0. The maximum atomic E-state index is 11.5. The molecule has 6 heteroatoms. The lowest BCUT2D eigenvalue weighted by Gasteiger charge is -2.18. The number of carbonyl (C=O) groups excluding carboxylic acids is 3. The van der Waals surface area contributed by atoms with Gasteiger partial charge in [-0.15, -0.1) is 0 Å². The van der Waals surface area contributed by atoms with Crippen LogP contribution < -0.4 is 0 Å². The third-order valence-corrected chi connectivity index (χ3v) is 2.51. The van der Waals surface area contributed by atoms with Gasteiger partial charge in [-0.3, -0.25) is 19.4 Å². The Bertz CT molecular complexity index is 395. The molecule has 0 N–H and O–H groups in total. The van der Waals surface area contributed by atoms with E-state index in [-0.39, 0.29) is 6.54 Å². The zero-order valence-corrected chi connectivity index (χ0v) is 9.48. The molecule has 6 nitrogen and oxygen atoms in total. The molecule has 86 valence electrons. The van der Waals surface area contributed by atoms with Crippen LogP contribution in [-0.4, -0.2) is 41.2 Å². The van der Waals surface area contributed by atoms with E-state index in [0.29, 0.717) is 6.42 Å². The van der Waals surface area contributed by atoms with Crippen molar-refractivity contribution >= 4 is 17.8 Å². The average molecular weight is 223 g/mol. The van der Waals surface area contributed by atoms with Gasteiger partial charge >= 0.3 is 17.8 Å². The van der Waals surface area contributed by atoms with Gasteiger partial charge in [0.1, 0.15) is 0 Å². The maximum absolute atomic E-state index is 11.5. The minimum atomic E-state index is -0.820. The normalized spacial score (nSPS) is 17.0. The molecule has 1 heterocycles. The van der Waals surface area contributed by atoms with Crippen LogP contribution in [0, 0.1) is 16.7 Å². The van der Waals surface area contributed by atoms with Crippen LogP contribution in [0.3, 0.4) is 0 Å². The molecule has 0 aromatic carbocycles. The molecule has 0 unspecified atom stereocenters. The molecule has 0 radical (unpaired) electrons. The number of carbonyl (C=O) groups is 3. The second kappa shape index (κ2) is 3.93. The van der Waals surface area contributed by atoms with Crippen molar-refractivity contribution in [3.63, 3.8) is 0 Å². The molecule has 4 amide bonds. The molecule has 0 aromatic rings. The highest BCUT2D eigenvalue weighted by Gasteiger charge is 2.42. The summed E-state index contributed by atoms with van der Waals surface area (Å²) >= 11 is 0. The summed E-state index contributed by atoms with van der Waals surface area (Å²) in [7, 11) is 1.26. The fourth-order valence-electron chi connectivity index (χ4n) is 1.26. The van der Waals surface area contributed by atoms with Crippen molar-refractivity contribution in [2.45, 2.75) is 20.3 Å². The van der Waals surface area contributed by atoms with E-state index in [4.69, 9.17) is 5.26 Å². The maximum Gasteiger partial charge on any atom is 0.333 e. The molecule has 1 aliphatic heterocycles. The summed E-state index contributed by atoms with van der Waals surface area (Å²) in [5.41, 5.74) is -0.620. The van der Waals surface area contributed by atoms with Crippen LogP contribution in [0.25, 0.3) is 0 Å². The van der Waals surface area contributed by atoms with Crippen molar-refractivity contribution in [1.82, 2.24) is 9.80 Å². The Morgan fingerprint density at radius 1 is 1.25 bits per heavy atom. The Morgan fingerprint density at radius 3 is 2.19 bits per heavy atom. The molecule has 0 spiro atoms. The first-order chi connectivity index (χ1) is 7.30. The average Bonchev–Trinajstić information content (AvgIpc) is 2.42. The number of imide groups is 2. The van der Waals surface area contributed by atoms with Crippen LogP contribution in [0.15, 0.2) is 0 Å². The number of hydrogen-bond donors (Lipinski definition) is 0. The van der Waals surface area contributed by atoms with E-state index in [2.05, 4.69) is 6.07 Å². The van der Waals surface area contributed by atoms with Crippen LogP contribution in [0.1, 0.15) is 20.3 Å². The van der Waals surface area contributed by atoms with Crippen molar-refractivity contribution in [3.05, 3.63) is 0 Å². The second-order valence-electron chi connectivity index (χ2n) is 4.35. The molecule has 1 saturated heterocycles. The number of urea groups is 1. The lowest BCUT2D eigenvalue weighted by molar-refractivity contribution is -0.142. The molecule has 0 bridgehead atoms. The number of nitriles is 1. The summed E-state index contributed by atoms with van der Waals surface area (Å²) in [6.45, 7) is 3.52. The van der Waals surface area contributed by atoms with Crippen LogP contribution in [0.5, 0.6) is 0 Å². The molecule has 16 heavy (non-hydrogen) atoms. The Balaban J connectivity index is 2.71.